The molecule has 0 saturated heterocycles. The van der Waals surface area contributed by atoms with Crippen LogP contribution in [0.1, 0.15) is 31.2 Å². The predicted octanol–water partition coefficient (Wildman–Crippen LogP) is 1.80. The van der Waals surface area contributed by atoms with Crippen LogP contribution >= 0.6 is 0 Å². The molecule has 2 aromatic rings. The Morgan fingerprint density at radius 1 is 1.25 bits per heavy atom. The second kappa shape index (κ2) is 8.09. The third kappa shape index (κ3) is 5.08. The van der Waals surface area contributed by atoms with Crippen LogP contribution in [0, 0.1) is 0 Å². The molecule has 8 nitrogen and oxygen atoms in total. The summed E-state index contributed by atoms with van der Waals surface area (Å²) in [6.45, 7) is 3.86. The van der Waals surface area contributed by atoms with Gasteiger partial charge < -0.3 is 10.1 Å². The second-order valence-electron chi connectivity index (χ2n) is 5.54. The Morgan fingerprint density at radius 3 is 2.58 bits per heavy atom. The summed E-state index contributed by atoms with van der Waals surface area (Å²) in [5.41, 5.74) is 0.873. The normalized spacial score (nSPS) is 10.5. The number of nitrogens with zero attached hydrogens (tertiary/aromatic N) is 3. The van der Waals surface area contributed by atoms with Gasteiger partial charge in [-0.25, -0.2) is 9.48 Å². The lowest BCUT2D eigenvalue weighted by molar-refractivity contribution is -0.115. The van der Waals surface area contributed by atoms with Crippen molar-refractivity contribution in [1.29, 1.82) is 0 Å². The number of rotatable bonds is 6. The molecular weight excluding hydrogens is 310 g/mol. The number of aryl methyl sites for hydroxylation is 1. The molecule has 2 rings (SSSR count). The molecule has 1 aromatic carbocycles. The first-order chi connectivity index (χ1) is 11.5. The van der Waals surface area contributed by atoms with Gasteiger partial charge >= 0.3 is 6.09 Å². The summed E-state index contributed by atoms with van der Waals surface area (Å²) in [5.74, 6) is 0.733. The average Bonchev–Trinajstić information content (AvgIpc) is 2.93. The smallest absolute Gasteiger partial charge is 0.407 e. The SMILES string of the molecule is CC(C)c1nc(NC(=O)CNC(=O)OCc2ccccc2)n(C)n1. The monoisotopic (exact) mass is 331 g/mol. The van der Waals surface area contributed by atoms with E-state index in [1.165, 1.54) is 4.68 Å². The van der Waals surface area contributed by atoms with Gasteiger partial charge in [-0.05, 0) is 5.56 Å². The molecule has 2 amide bonds. The van der Waals surface area contributed by atoms with Crippen LogP contribution < -0.4 is 10.6 Å². The highest BCUT2D eigenvalue weighted by atomic mass is 16.5. The van der Waals surface area contributed by atoms with Gasteiger partial charge in [-0.3, -0.25) is 10.1 Å². The average molecular weight is 331 g/mol. The Labute approximate surface area is 140 Å². The van der Waals surface area contributed by atoms with Gasteiger partial charge in [0.1, 0.15) is 13.2 Å². The molecule has 0 aliphatic heterocycles. The van der Waals surface area contributed by atoms with Gasteiger partial charge in [-0.15, -0.1) is 0 Å². The van der Waals surface area contributed by atoms with E-state index in [0.29, 0.717) is 11.8 Å². The van der Waals surface area contributed by atoms with Gasteiger partial charge in [0.25, 0.3) is 0 Å². The second-order valence-corrected chi connectivity index (χ2v) is 5.54. The maximum absolute atomic E-state index is 11.9. The van der Waals surface area contributed by atoms with E-state index in [-0.39, 0.29) is 19.1 Å². The van der Waals surface area contributed by atoms with Gasteiger partial charge in [0, 0.05) is 13.0 Å². The largest absolute Gasteiger partial charge is 0.445 e. The Hall–Kier alpha value is -2.90. The van der Waals surface area contributed by atoms with Gasteiger partial charge in [-0.1, -0.05) is 44.2 Å². The first-order valence-corrected chi connectivity index (χ1v) is 7.61. The van der Waals surface area contributed by atoms with Crippen LogP contribution in [0.2, 0.25) is 0 Å². The topological polar surface area (TPSA) is 98.1 Å². The molecule has 0 radical (unpaired) electrons. The van der Waals surface area contributed by atoms with Crippen molar-refractivity contribution in [2.75, 3.05) is 11.9 Å². The lowest BCUT2D eigenvalue weighted by atomic mass is 10.2. The number of alkyl carbamates (subject to hydrolysis) is 1. The molecule has 0 aliphatic carbocycles. The predicted molar refractivity (Wildman–Crippen MR) is 88.4 cm³/mol. The van der Waals surface area contributed by atoms with Crippen molar-refractivity contribution in [3.8, 4) is 0 Å². The van der Waals surface area contributed by atoms with Crippen LogP contribution in [0.4, 0.5) is 10.7 Å². The summed E-state index contributed by atoms with van der Waals surface area (Å²) in [5, 5.41) is 9.19. The van der Waals surface area contributed by atoms with Gasteiger partial charge in [0.2, 0.25) is 11.9 Å². The Kier molecular flexibility index (Phi) is 5.89. The Morgan fingerprint density at radius 2 is 1.96 bits per heavy atom. The van der Waals surface area contributed by atoms with Crippen LogP contribution in [0.3, 0.4) is 0 Å². The number of carbonyl (C=O) groups is 2. The van der Waals surface area contributed by atoms with E-state index in [1.807, 2.05) is 44.2 Å². The van der Waals surface area contributed by atoms with Gasteiger partial charge in [0.15, 0.2) is 5.82 Å². The van der Waals surface area contributed by atoms with Gasteiger partial charge in [0.05, 0.1) is 0 Å². The molecule has 0 unspecified atom stereocenters. The van der Waals surface area contributed by atoms with Crippen molar-refractivity contribution in [3.63, 3.8) is 0 Å². The van der Waals surface area contributed by atoms with Gasteiger partial charge in [-0.2, -0.15) is 10.1 Å². The number of hydrogen-bond donors (Lipinski definition) is 2. The van der Waals surface area contributed by atoms with Crippen molar-refractivity contribution in [1.82, 2.24) is 20.1 Å². The van der Waals surface area contributed by atoms with Crippen molar-refractivity contribution in [2.45, 2.75) is 26.4 Å². The van der Waals surface area contributed by atoms with E-state index < -0.39 is 12.0 Å². The molecule has 8 heteroatoms. The maximum Gasteiger partial charge on any atom is 0.407 e. The summed E-state index contributed by atoms with van der Waals surface area (Å²) in [6.07, 6.45) is -0.658. The molecule has 0 atom stereocenters. The summed E-state index contributed by atoms with van der Waals surface area (Å²) in [7, 11) is 1.69. The minimum absolute atomic E-state index is 0.148. The van der Waals surface area contributed by atoms with Crippen LogP contribution in [0.5, 0.6) is 0 Å². The number of benzene rings is 1. The summed E-state index contributed by atoms with van der Waals surface area (Å²) < 4.78 is 6.51. The fourth-order valence-corrected chi connectivity index (χ4v) is 1.85. The third-order valence-corrected chi connectivity index (χ3v) is 3.15. The summed E-state index contributed by atoms with van der Waals surface area (Å²) >= 11 is 0. The quantitative estimate of drug-likeness (QED) is 0.841. The fourth-order valence-electron chi connectivity index (χ4n) is 1.85. The van der Waals surface area contributed by atoms with E-state index in [1.54, 1.807) is 7.05 Å². The molecule has 0 aliphatic rings. The highest BCUT2D eigenvalue weighted by molar-refractivity contribution is 5.92. The van der Waals surface area contributed by atoms with Crippen molar-refractivity contribution in [2.24, 2.45) is 7.05 Å². The van der Waals surface area contributed by atoms with E-state index in [9.17, 15) is 9.59 Å². The molecule has 24 heavy (non-hydrogen) atoms. The number of aromatic nitrogens is 3. The van der Waals surface area contributed by atoms with Crippen molar-refractivity contribution >= 4 is 17.9 Å². The first kappa shape index (κ1) is 17.5. The maximum atomic E-state index is 11.9. The minimum atomic E-state index is -0.658. The summed E-state index contributed by atoms with van der Waals surface area (Å²) in [6, 6.07) is 9.29. The molecule has 1 heterocycles. The van der Waals surface area contributed by atoms with E-state index in [4.69, 9.17) is 4.74 Å². The minimum Gasteiger partial charge on any atom is -0.445 e. The van der Waals surface area contributed by atoms with Crippen LogP contribution in [-0.4, -0.2) is 33.3 Å². The van der Waals surface area contributed by atoms with E-state index in [0.717, 1.165) is 5.56 Å². The van der Waals surface area contributed by atoms with E-state index in [2.05, 4.69) is 20.7 Å². The lowest BCUT2D eigenvalue weighted by Gasteiger charge is -2.07. The number of amides is 2. The van der Waals surface area contributed by atoms with Crippen molar-refractivity contribution in [3.05, 3.63) is 41.7 Å². The Bertz CT molecular complexity index is 697. The highest BCUT2D eigenvalue weighted by Gasteiger charge is 2.13. The summed E-state index contributed by atoms with van der Waals surface area (Å²) in [4.78, 5) is 27.7. The number of ether oxygens (including phenoxy) is 1. The van der Waals surface area contributed by atoms with Crippen molar-refractivity contribution < 1.29 is 14.3 Å². The third-order valence-electron chi connectivity index (χ3n) is 3.15. The Balaban J connectivity index is 1.75. The molecule has 1 aromatic heterocycles. The van der Waals surface area contributed by atoms with E-state index >= 15 is 0 Å². The van der Waals surface area contributed by atoms with Crippen LogP contribution in [0.25, 0.3) is 0 Å². The zero-order valence-electron chi connectivity index (χ0n) is 13.9. The number of anilines is 1. The molecule has 0 bridgehead atoms. The number of carbonyl (C=O) groups excluding carboxylic acids is 2. The number of hydrogen-bond acceptors (Lipinski definition) is 5. The molecular formula is C16H21N5O3. The zero-order chi connectivity index (χ0) is 17.5. The van der Waals surface area contributed by atoms with Crippen LogP contribution in [-0.2, 0) is 23.2 Å². The standard InChI is InChI=1S/C16H21N5O3/c1-11(2)14-19-15(21(3)20-14)18-13(22)9-17-16(23)24-10-12-7-5-4-6-8-12/h4-8,11H,9-10H2,1-3H3,(H,17,23)(H,18,19,20,22). The molecule has 0 saturated carbocycles. The first-order valence-electron chi connectivity index (χ1n) is 7.61. The number of nitrogens with one attached hydrogen (secondary N) is 2. The van der Waals surface area contributed by atoms with Crippen LogP contribution in [0.15, 0.2) is 30.3 Å². The zero-order valence-corrected chi connectivity index (χ0v) is 13.9. The highest BCUT2D eigenvalue weighted by Crippen LogP contribution is 2.11. The lowest BCUT2D eigenvalue weighted by Crippen LogP contribution is -2.33. The molecule has 0 spiro atoms. The molecule has 2 N–H and O–H groups in total. The molecule has 0 fully saturated rings. The molecule has 128 valence electrons. The fraction of sp³-hybridized carbons (Fsp3) is 0.375.